The van der Waals surface area contributed by atoms with E-state index in [1.165, 1.54) is 12.1 Å². The molecule has 0 bridgehead atoms. The van der Waals surface area contributed by atoms with Crippen LogP contribution in [0.15, 0.2) is 42.5 Å². The van der Waals surface area contributed by atoms with Gasteiger partial charge in [-0.25, -0.2) is 9.37 Å². The van der Waals surface area contributed by atoms with Crippen molar-refractivity contribution in [3.05, 3.63) is 64.6 Å². The van der Waals surface area contributed by atoms with E-state index < -0.39 is 0 Å². The third-order valence-corrected chi connectivity index (χ3v) is 4.09. The lowest BCUT2D eigenvalue weighted by Crippen LogP contribution is -2.03. The highest BCUT2D eigenvalue weighted by atomic mass is 35.5. The van der Waals surface area contributed by atoms with Crippen LogP contribution in [0.5, 0.6) is 5.75 Å². The van der Waals surface area contributed by atoms with Crippen molar-refractivity contribution < 1.29 is 9.13 Å². The molecular weight excluding hydrogens is 355 g/mol. The smallest absolute Gasteiger partial charge is 0.229 e. The van der Waals surface area contributed by atoms with Gasteiger partial charge in [-0.15, -0.1) is 0 Å². The Kier molecular flexibility index (Phi) is 5.23. The van der Waals surface area contributed by atoms with Crippen LogP contribution in [0.1, 0.15) is 11.3 Å². The van der Waals surface area contributed by atoms with Gasteiger partial charge in [0.15, 0.2) is 0 Å². The number of halogens is 2. The average molecular weight is 373 g/mol. The summed E-state index contributed by atoms with van der Waals surface area (Å²) in [5.74, 6) is 1.22. The van der Waals surface area contributed by atoms with Gasteiger partial charge < -0.3 is 15.4 Å². The molecule has 2 aromatic carbocycles. The third-order valence-electron chi connectivity index (χ3n) is 3.68. The molecule has 0 aliphatic rings. The van der Waals surface area contributed by atoms with Crippen molar-refractivity contribution in [2.24, 2.45) is 0 Å². The molecule has 1 aromatic heterocycles. The zero-order valence-corrected chi connectivity index (χ0v) is 15.4. The number of aryl methyl sites for hydroxylation is 2. The number of methoxy groups -OCH3 is 1. The highest BCUT2D eigenvalue weighted by Gasteiger charge is 2.10. The summed E-state index contributed by atoms with van der Waals surface area (Å²) >= 11 is 6.15. The van der Waals surface area contributed by atoms with E-state index in [0.717, 1.165) is 16.9 Å². The second kappa shape index (κ2) is 7.58. The molecule has 3 aromatic rings. The van der Waals surface area contributed by atoms with E-state index >= 15 is 0 Å². The Bertz CT molecular complexity index is 949. The summed E-state index contributed by atoms with van der Waals surface area (Å²) in [5, 5.41) is 6.85. The summed E-state index contributed by atoms with van der Waals surface area (Å²) in [6, 6.07) is 11.6. The largest absolute Gasteiger partial charge is 0.495 e. The first-order valence-electron chi connectivity index (χ1n) is 7.94. The second-order valence-corrected chi connectivity index (χ2v) is 6.19. The fourth-order valence-corrected chi connectivity index (χ4v) is 2.61. The fourth-order valence-electron chi connectivity index (χ4n) is 2.45. The van der Waals surface area contributed by atoms with Crippen LogP contribution in [0.2, 0.25) is 5.02 Å². The number of nitrogens with zero attached hydrogens (tertiary/aromatic N) is 2. The van der Waals surface area contributed by atoms with Gasteiger partial charge in [-0.1, -0.05) is 17.7 Å². The first-order valence-corrected chi connectivity index (χ1v) is 8.32. The number of nitrogens with one attached hydrogen (secondary N) is 2. The molecule has 0 radical (unpaired) electrons. The van der Waals surface area contributed by atoms with Crippen LogP contribution >= 0.6 is 11.6 Å². The standard InChI is InChI=1S/C19H18ClFN4O/c1-11-7-16(17(26-3)10-15(11)20)24-18-8-12(2)22-19(25-18)23-14-6-4-5-13(21)9-14/h4-10H,1-3H3,(H2,22,23,24,25). The average Bonchev–Trinajstić information content (AvgIpc) is 2.57. The van der Waals surface area contributed by atoms with E-state index in [-0.39, 0.29) is 5.82 Å². The Morgan fingerprint density at radius 2 is 1.85 bits per heavy atom. The molecular formula is C19H18ClFN4O. The van der Waals surface area contributed by atoms with Crippen molar-refractivity contribution in [1.82, 2.24) is 9.97 Å². The molecule has 0 spiro atoms. The Hall–Kier alpha value is -2.86. The number of benzene rings is 2. The summed E-state index contributed by atoms with van der Waals surface area (Å²) in [7, 11) is 1.58. The zero-order chi connectivity index (χ0) is 18.7. The van der Waals surface area contributed by atoms with Crippen molar-refractivity contribution in [3.8, 4) is 5.75 Å². The zero-order valence-electron chi connectivity index (χ0n) is 14.6. The second-order valence-electron chi connectivity index (χ2n) is 5.78. The van der Waals surface area contributed by atoms with E-state index in [1.54, 1.807) is 31.4 Å². The molecule has 2 N–H and O–H groups in total. The lowest BCUT2D eigenvalue weighted by molar-refractivity contribution is 0.416. The van der Waals surface area contributed by atoms with Crippen LogP contribution in [-0.4, -0.2) is 17.1 Å². The maximum absolute atomic E-state index is 13.4. The predicted molar refractivity (Wildman–Crippen MR) is 102 cm³/mol. The van der Waals surface area contributed by atoms with Crippen LogP contribution in [0, 0.1) is 19.7 Å². The van der Waals surface area contributed by atoms with Crippen molar-refractivity contribution in [2.45, 2.75) is 13.8 Å². The molecule has 0 atom stereocenters. The molecule has 0 unspecified atom stereocenters. The predicted octanol–water partition coefficient (Wildman–Crippen LogP) is 5.38. The number of hydrogen-bond donors (Lipinski definition) is 2. The number of ether oxygens (including phenoxy) is 1. The number of aromatic nitrogens is 2. The first-order chi connectivity index (χ1) is 12.4. The van der Waals surface area contributed by atoms with Gasteiger partial charge in [-0.3, -0.25) is 0 Å². The van der Waals surface area contributed by atoms with Crippen LogP contribution in [-0.2, 0) is 0 Å². The molecule has 0 fully saturated rings. The van der Waals surface area contributed by atoms with Crippen molar-refractivity contribution >= 4 is 34.7 Å². The number of anilines is 4. The van der Waals surface area contributed by atoms with Crippen molar-refractivity contribution in [2.75, 3.05) is 17.7 Å². The maximum Gasteiger partial charge on any atom is 0.229 e. The number of rotatable bonds is 5. The van der Waals surface area contributed by atoms with E-state index in [4.69, 9.17) is 16.3 Å². The summed E-state index contributed by atoms with van der Waals surface area (Å²) in [5.41, 5.74) is 2.98. The Morgan fingerprint density at radius 1 is 1.04 bits per heavy atom. The monoisotopic (exact) mass is 372 g/mol. The molecule has 0 aliphatic heterocycles. The van der Waals surface area contributed by atoms with Gasteiger partial charge in [0.05, 0.1) is 12.8 Å². The highest BCUT2D eigenvalue weighted by Crippen LogP contribution is 2.33. The van der Waals surface area contributed by atoms with Crippen LogP contribution in [0.25, 0.3) is 0 Å². The van der Waals surface area contributed by atoms with Gasteiger partial charge in [0.2, 0.25) is 5.95 Å². The lowest BCUT2D eigenvalue weighted by atomic mass is 10.2. The molecule has 0 saturated heterocycles. The molecule has 0 saturated carbocycles. The normalized spacial score (nSPS) is 10.5. The molecule has 7 heteroatoms. The molecule has 0 aliphatic carbocycles. The third kappa shape index (κ3) is 4.21. The lowest BCUT2D eigenvalue weighted by Gasteiger charge is -2.14. The van der Waals surface area contributed by atoms with Gasteiger partial charge in [0, 0.05) is 28.5 Å². The molecule has 134 valence electrons. The minimum atomic E-state index is -0.331. The maximum atomic E-state index is 13.4. The number of hydrogen-bond acceptors (Lipinski definition) is 5. The Balaban J connectivity index is 1.90. The Labute approximate surface area is 156 Å². The SMILES string of the molecule is COc1cc(Cl)c(C)cc1Nc1cc(C)nc(Nc2cccc(F)c2)n1. The highest BCUT2D eigenvalue weighted by molar-refractivity contribution is 6.31. The van der Waals surface area contributed by atoms with Crippen LogP contribution in [0.4, 0.5) is 27.5 Å². The van der Waals surface area contributed by atoms with Gasteiger partial charge in [-0.05, 0) is 43.7 Å². The minimum absolute atomic E-state index is 0.331. The minimum Gasteiger partial charge on any atom is -0.495 e. The molecule has 26 heavy (non-hydrogen) atoms. The summed E-state index contributed by atoms with van der Waals surface area (Å²) < 4.78 is 18.7. The quantitative estimate of drug-likeness (QED) is 0.629. The Morgan fingerprint density at radius 3 is 2.58 bits per heavy atom. The van der Waals surface area contributed by atoms with Gasteiger partial charge >= 0.3 is 0 Å². The molecule has 0 amide bonds. The topological polar surface area (TPSA) is 59.1 Å². The van der Waals surface area contributed by atoms with E-state index in [2.05, 4.69) is 20.6 Å². The fraction of sp³-hybridized carbons (Fsp3) is 0.158. The molecule has 5 nitrogen and oxygen atoms in total. The first kappa shape index (κ1) is 17.9. The molecule has 3 rings (SSSR count). The summed E-state index contributed by atoms with van der Waals surface area (Å²) in [6.07, 6.45) is 0. The van der Waals surface area contributed by atoms with Crippen LogP contribution < -0.4 is 15.4 Å². The van der Waals surface area contributed by atoms with E-state index in [1.807, 2.05) is 19.9 Å². The van der Waals surface area contributed by atoms with E-state index in [9.17, 15) is 4.39 Å². The van der Waals surface area contributed by atoms with Crippen molar-refractivity contribution in [3.63, 3.8) is 0 Å². The van der Waals surface area contributed by atoms with Crippen molar-refractivity contribution in [1.29, 1.82) is 0 Å². The van der Waals surface area contributed by atoms with Gasteiger partial charge in [0.25, 0.3) is 0 Å². The van der Waals surface area contributed by atoms with Gasteiger partial charge in [-0.2, -0.15) is 4.98 Å². The van der Waals surface area contributed by atoms with Gasteiger partial charge in [0.1, 0.15) is 17.4 Å². The van der Waals surface area contributed by atoms with E-state index in [0.29, 0.717) is 28.2 Å². The summed E-state index contributed by atoms with van der Waals surface area (Å²) in [6.45, 7) is 3.77. The molecule has 1 heterocycles. The summed E-state index contributed by atoms with van der Waals surface area (Å²) in [4.78, 5) is 8.77. The van der Waals surface area contributed by atoms with Crippen LogP contribution in [0.3, 0.4) is 0 Å².